The molecule has 0 unspecified atom stereocenters. The van der Waals surface area contributed by atoms with Crippen molar-refractivity contribution in [1.82, 2.24) is 4.98 Å². The smallest absolute Gasteiger partial charge is 0.295 e. The van der Waals surface area contributed by atoms with Crippen LogP contribution in [0.15, 0.2) is 16.5 Å². The number of methoxy groups -OCH3 is 1. The van der Waals surface area contributed by atoms with Gasteiger partial charge in [0.05, 0.1) is 12.1 Å². The number of oxazole rings is 1. The Bertz CT molecular complexity index is 579. The summed E-state index contributed by atoms with van der Waals surface area (Å²) in [5, 5.41) is 3.44. The van der Waals surface area contributed by atoms with Gasteiger partial charge >= 0.3 is 0 Å². The Morgan fingerprint density at radius 2 is 2.06 bits per heavy atom. The number of anilines is 1. The van der Waals surface area contributed by atoms with E-state index in [1.807, 2.05) is 26.0 Å². The molecule has 18 heavy (non-hydrogen) atoms. The molecule has 0 aliphatic carbocycles. The second-order valence-electron chi connectivity index (χ2n) is 3.98. The predicted octanol–water partition coefficient (Wildman–Crippen LogP) is 3.66. The number of ether oxygens (including phenoxy) is 1. The van der Waals surface area contributed by atoms with E-state index in [0.717, 1.165) is 22.6 Å². The SMILES string of the molecule is CNc1nc(-c2cc(Cl)c(OC)cc2C)c(C)o1. The van der Waals surface area contributed by atoms with Crippen LogP contribution in [0, 0.1) is 13.8 Å². The molecule has 0 atom stereocenters. The van der Waals surface area contributed by atoms with Crippen molar-refractivity contribution in [3.63, 3.8) is 0 Å². The molecule has 2 rings (SSSR count). The van der Waals surface area contributed by atoms with Crippen molar-refractivity contribution in [3.8, 4) is 17.0 Å². The molecule has 5 heteroatoms. The number of nitrogens with zero attached hydrogens (tertiary/aromatic N) is 1. The van der Waals surface area contributed by atoms with Gasteiger partial charge in [-0.1, -0.05) is 11.6 Å². The number of aromatic nitrogens is 1. The van der Waals surface area contributed by atoms with Crippen molar-refractivity contribution in [2.45, 2.75) is 13.8 Å². The lowest BCUT2D eigenvalue weighted by Crippen LogP contribution is -1.91. The highest BCUT2D eigenvalue weighted by Crippen LogP contribution is 2.35. The van der Waals surface area contributed by atoms with Crippen molar-refractivity contribution < 1.29 is 9.15 Å². The summed E-state index contributed by atoms with van der Waals surface area (Å²) in [6, 6.07) is 4.24. The van der Waals surface area contributed by atoms with Crippen molar-refractivity contribution >= 4 is 17.6 Å². The molecular formula is C13H15ClN2O2. The molecule has 0 amide bonds. The summed E-state index contributed by atoms with van der Waals surface area (Å²) in [6.07, 6.45) is 0. The van der Waals surface area contributed by atoms with E-state index in [4.69, 9.17) is 20.8 Å². The van der Waals surface area contributed by atoms with Crippen LogP contribution in [0.5, 0.6) is 5.75 Å². The van der Waals surface area contributed by atoms with Gasteiger partial charge in [0, 0.05) is 12.6 Å². The third-order valence-electron chi connectivity index (χ3n) is 2.76. The zero-order chi connectivity index (χ0) is 13.3. The van der Waals surface area contributed by atoms with Gasteiger partial charge in [-0.15, -0.1) is 0 Å². The Kier molecular flexibility index (Phi) is 3.48. The molecule has 0 saturated heterocycles. The Balaban J connectivity index is 2.56. The molecule has 1 aromatic carbocycles. The number of hydrogen-bond donors (Lipinski definition) is 1. The summed E-state index contributed by atoms with van der Waals surface area (Å²) in [5.41, 5.74) is 2.78. The summed E-state index contributed by atoms with van der Waals surface area (Å²) < 4.78 is 10.7. The Hall–Kier alpha value is -1.68. The molecule has 0 fully saturated rings. The van der Waals surface area contributed by atoms with Crippen LogP contribution in [0.2, 0.25) is 5.02 Å². The highest BCUT2D eigenvalue weighted by molar-refractivity contribution is 6.32. The molecule has 0 aliphatic rings. The van der Waals surface area contributed by atoms with Crippen LogP contribution < -0.4 is 10.1 Å². The number of benzene rings is 1. The molecule has 0 bridgehead atoms. The summed E-state index contributed by atoms with van der Waals surface area (Å²) >= 11 is 6.15. The predicted molar refractivity (Wildman–Crippen MR) is 72.5 cm³/mol. The van der Waals surface area contributed by atoms with Gasteiger partial charge in [0.1, 0.15) is 17.2 Å². The number of aryl methyl sites for hydroxylation is 2. The third-order valence-corrected chi connectivity index (χ3v) is 3.06. The third kappa shape index (κ3) is 2.16. The van der Waals surface area contributed by atoms with Gasteiger partial charge < -0.3 is 14.5 Å². The Morgan fingerprint density at radius 3 is 2.61 bits per heavy atom. The first-order chi connectivity index (χ1) is 8.56. The zero-order valence-corrected chi connectivity index (χ0v) is 11.6. The molecule has 2 aromatic rings. The van der Waals surface area contributed by atoms with E-state index in [1.54, 1.807) is 14.2 Å². The minimum atomic E-state index is 0.494. The molecular weight excluding hydrogens is 252 g/mol. The summed E-state index contributed by atoms with van der Waals surface area (Å²) in [4.78, 5) is 4.38. The van der Waals surface area contributed by atoms with Crippen LogP contribution in [-0.4, -0.2) is 19.1 Å². The average molecular weight is 267 g/mol. The minimum Gasteiger partial charge on any atom is -0.495 e. The maximum Gasteiger partial charge on any atom is 0.295 e. The summed E-state index contributed by atoms with van der Waals surface area (Å²) in [5.74, 6) is 1.41. The normalized spacial score (nSPS) is 10.5. The summed E-state index contributed by atoms with van der Waals surface area (Å²) in [7, 11) is 3.36. The lowest BCUT2D eigenvalue weighted by molar-refractivity contribution is 0.415. The fourth-order valence-electron chi connectivity index (χ4n) is 1.82. The Morgan fingerprint density at radius 1 is 1.33 bits per heavy atom. The van der Waals surface area contributed by atoms with E-state index < -0.39 is 0 Å². The standard InChI is InChI=1S/C13H15ClN2O2/c1-7-5-11(17-4)10(14)6-9(7)12-8(2)18-13(15-3)16-12/h5-6H,1-4H3,(H,15,16). The first-order valence-electron chi connectivity index (χ1n) is 5.56. The fraction of sp³-hybridized carbons (Fsp3) is 0.308. The van der Waals surface area contributed by atoms with Crippen molar-refractivity contribution in [2.75, 3.05) is 19.5 Å². The van der Waals surface area contributed by atoms with E-state index in [-0.39, 0.29) is 0 Å². The molecule has 1 heterocycles. The lowest BCUT2D eigenvalue weighted by atomic mass is 10.0. The van der Waals surface area contributed by atoms with E-state index in [1.165, 1.54) is 0 Å². The van der Waals surface area contributed by atoms with Crippen molar-refractivity contribution in [1.29, 1.82) is 0 Å². The topological polar surface area (TPSA) is 47.3 Å². The van der Waals surface area contributed by atoms with Gasteiger partial charge in [-0.3, -0.25) is 0 Å². The molecule has 0 aliphatic heterocycles. The summed E-state index contributed by atoms with van der Waals surface area (Å²) in [6.45, 7) is 3.86. The minimum absolute atomic E-state index is 0.494. The maximum absolute atomic E-state index is 6.15. The zero-order valence-electron chi connectivity index (χ0n) is 10.8. The largest absolute Gasteiger partial charge is 0.495 e. The fourth-order valence-corrected chi connectivity index (χ4v) is 2.06. The molecule has 0 radical (unpaired) electrons. The van der Waals surface area contributed by atoms with E-state index in [0.29, 0.717) is 16.8 Å². The number of rotatable bonds is 3. The maximum atomic E-state index is 6.15. The van der Waals surface area contributed by atoms with Gasteiger partial charge in [0.25, 0.3) is 6.01 Å². The van der Waals surface area contributed by atoms with E-state index in [2.05, 4.69) is 10.3 Å². The molecule has 4 nitrogen and oxygen atoms in total. The van der Waals surface area contributed by atoms with E-state index >= 15 is 0 Å². The monoisotopic (exact) mass is 266 g/mol. The quantitative estimate of drug-likeness (QED) is 0.921. The lowest BCUT2D eigenvalue weighted by Gasteiger charge is -2.08. The molecule has 0 saturated carbocycles. The molecule has 1 aromatic heterocycles. The molecule has 1 N–H and O–H groups in total. The van der Waals surface area contributed by atoms with Gasteiger partial charge in [-0.25, -0.2) is 0 Å². The number of nitrogens with one attached hydrogen (secondary N) is 1. The molecule has 96 valence electrons. The van der Waals surface area contributed by atoms with Crippen LogP contribution in [0.25, 0.3) is 11.3 Å². The second-order valence-corrected chi connectivity index (χ2v) is 4.38. The van der Waals surface area contributed by atoms with E-state index in [9.17, 15) is 0 Å². The first-order valence-corrected chi connectivity index (χ1v) is 5.94. The Labute approximate surface area is 111 Å². The number of hydrogen-bond acceptors (Lipinski definition) is 4. The van der Waals surface area contributed by atoms with Crippen molar-refractivity contribution in [3.05, 3.63) is 28.5 Å². The van der Waals surface area contributed by atoms with Crippen LogP contribution in [0.3, 0.4) is 0 Å². The van der Waals surface area contributed by atoms with Gasteiger partial charge in [0.15, 0.2) is 0 Å². The highest BCUT2D eigenvalue weighted by Gasteiger charge is 2.15. The first kappa shape index (κ1) is 12.8. The van der Waals surface area contributed by atoms with Crippen LogP contribution in [0.1, 0.15) is 11.3 Å². The van der Waals surface area contributed by atoms with Crippen LogP contribution in [0.4, 0.5) is 6.01 Å². The van der Waals surface area contributed by atoms with Crippen LogP contribution >= 0.6 is 11.6 Å². The van der Waals surface area contributed by atoms with Gasteiger partial charge in [-0.05, 0) is 31.5 Å². The molecule has 0 spiro atoms. The number of halogens is 1. The van der Waals surface area contributed by atoms with Gasteiger partial charge in [0.2, 0.25) is 0 Å². The highest BCUT2D eigenvalue weighted by atomic mass is 35.5. The average Bonchev–Trinajstić information content (AvgIpc) is 2.73. The second kappa shape index (κ2) is 4.90. The van der Waals surface area contributed by atoms with Crippen molar-refractivity contribution in [2.24, 2.45) is 0 Å². The van der Waals surface area contributed by atoms with Gasteiger partial charge in [-0.2, -0.15) is 4.98 Å². The van der Waals surface area contributed by atoms with Crippen LogP contribution in [-0.2, 0) is 0 Å².